The molecule has 0 bridgehead atoms. The number of carbonyl (C=O) groups is 2. The van der Waals surface area contributed by atoms with Gasteiger partial charge in [0.05, 0.1) is 12.2 Å². The van der Waals surface area contributed by atoms with E-state index in [1.807, 2.05) is 0 Å². The molecule has 0 rings (SSSR count). The molecule has 0 aromatic rings. The number of carbonyl (C=O) groups excluding carboxylic acids is 2. The zero-order valence-electron chi connectivity index (χ0n) is 5.89. The predicted molar refractivity (Wildman–Crippen MR) is 36.5 cm³/mol. The van der Waals surface area contributed by atoms with E-state index >= 15 is 0 Å². The van der Waals surface area contributed by atoms with Gasteiger partial charge in [0.2, 0.25) is 0 Å². The third-order valence-electron chi connectivity index (χ3n) is 1.10. The van der Waals surface area contributed by atoms with Gasteiger partial charge in [-0.25, -0.2) is 0 Å². The summed E-state index contributed by atoms with van der Waals surface area (Å²) in [6, 6.07) is 0. The molecule has 0 amide bonds. The van der Waals surface area contributed by atoms with Crippen LogP contribution in [0.5, 0.6) is 0 Å². The Morgan fingerprint density at radius 1 is 1.50 bits per heavy atom. The highest BCUT2D eigenvalue weighted by molar-refractivity contribution is 6.18. The first-order valence-corrected chi connectivity index (χ1v) is 2.93. The van der Waals surface area contributed by atoms with E-state index in [1.54, 1.807) is 0 Å². The maximum absolute atomic E-state index is 10.7. The van der Waals surface area contributed by atoms with Crippen LogP contribution in [0.25, 0.3) is 0 Å². The smallest absolute Gasteiger partial charge is 0.168 e. The zero-order valence-corrected chi connectivity index (χ0v) is 5.89. The summed E-state index contributed by atoms with van der Waals surface area (Å²) in [4.78, 5) is 21.2. The molecule has 0 aliphatic heterocycles. The van der Waals surface area contributed by atoms with Crippen LogP contribution in [-0.4, -0.2) is 23.3 Å². The maximum Gasteiger partial charge on any atom is 0.168 e. The standard InChI is InChI=1S/C7H10O3/c1-5(6(2)9)7(10)3-4-8/h8H,1,3-4H2,2H3. The number of Topliss-reactive ketones (excluding diaryl/α,β-unsaturated/α-hetero) is 2. The number of aliphatic hydroxyl groups excluding tert-OH is 1. The van der Waals surface area contributed by atoms with Crippen molar-refractivity contribution in [3.8, 4) is 0 Å². The van der Waals surface area contributed by atoms with Crippen molar-refractivity contribution in [2.45, 2.75) is 13.3 Å². The first-order chi connectivity index (χ1) is 4.59. The van der Waals surface area contributed by atoms with Gasteiger partial charge in [0.25, 0.3) is 0 Å². The van der Waals surface area contributed by atoms with Crippen LogP contribution in [0.3, 0.4) is 0 Å². The maximum atomic E-state index is 10.7. The van der Waals surface area contributed by atoms with Gasteiger partial charge in [0.1, 0.15) is 0 Å². The monoisotopic (exact) mass is 142 g/mol. The minimum atomic E-state index is -0.380. The molecule has 1 N–H and O–H groups in total. The first-order valence-electron chi connectivity index (χ1n) is 2.93. The molecule has 3 nitrogen and oxygen atoms in total. The van der Waals surface area contributed by atoms with Crippen LogP contribution < -0.4 is 0 Å². The van der Waals surface area contributed by atoms with E-state index < -0.39 is 0 Å². The molecule has 0 aromatic heterocycles. The second-order valence-electron chi connectivity index (χ2n) is 1.93. The fourth-order valence-corrected chi connectivity index (χ4v) is 0.449. The van der Waals surface area contributed by atoms with Crippen LogP contribution in [0, 0.1) is 0 Å². The Labute approximate surface area is 59.4 Å². The van der Waals surface area contributed by atoms with Crippen LogP contribution in [0.15, 0.2) is 12.2 Å². The normalized spacial score (nSPS) is 9.00. The highest BCUT2D eigenvalue weighted by atomic mass is 16.3. The third kappa shape index (κ3) is 2.55. The molecule has 0 fully saturated rings. The predicted octanol–water partition coefficient (Wildman–Crippen LogP) is 0.0831. The Hall–Kier alpha value is -0.960. The number of ketones is 2. The Balaban J connectivity index is 3.96. The van der Waals surface area contributed by atoms with Crippen molar-refractivity contribution in [1.29, 1.82) is 0 Å². The Bertz CT molecular complexity index is 170. The van der Waals surface area contributed by atoms with Gasteiger partial charge >= 0.3 is 0 Å². The van der Waals surface area contributed by atoms with Crippen LogP contribution >= 0.6 is 0 Å². The highest BCUT2D eigenvalue weighted by Gasteiger charge is 2.09. The van der Waals surface area contributed by atoms with Crippen molar-refractivity contribution in [2.24, 2.45) is 0 Å². The van der Waals surface area contributed by atoms with Gasteiger partial charge in [-0.15, -0.1) is 0 Å². The van der Waals surface area contributed by atoms with Crippen molar-refractivity contribution < 1.29 is 14.7 Å². The highest BCUT2D eigenvalue weighted by Crippen LogP contribution is 1.96. The van der Waals surface area contributed by atoms with Gasteiger partial charge in [-0.1, -0.05) is 6.58 Å². The van der Waals surface area contributed by atoms with Gasteiger partial charge in [-0.2, -0.15) is 0 Å². The molecule has 0 radical (unpaired) electrons. The lowest BCUT2D eigenvalue weighted by Gasteiger charge is -1.95. The minimum Gasteiger partial charge on any atom is -0.396 e. The van der Waals surface area contributed by atoms with E-state index in [0.717, 1.165) is 0 Å². The number of hydrogen-bond acceptors (Lipinski definition) is 3. The summed E-state index contributed by atoms with van der Waals surface area (Å²) in [6.07, 6.45) is -0.0155. The molecule has 0 aromatic carbocycles. The van der Waals surface area contributed by atoms with Crippen molar-refractivity contribution in [3.05, 3.63) is 12.2 Å². The lowest BCUT2D eigenvalue weighted by atomic mass is 10.1. The average molecular weight is 142 g/mol. The second kappa shape index (κ2) is 3.95. The minimum absolute atomic E-state index is 0.0155. The molecule has 0 spiro atoms. The first kappa shape index (κ1) is 9.04. The molecule has 3 heteroatoms. The second-order valence-corrected chi connectivity index (χ2v) is 1.93. The van der Waals surface area contributed by atoms with Crippen molar-refractivity contribution in [1.82, 2.24) is 0 Å². The van der Waals surface area contributed by atoms with Gasteiger partial charge in [-0.3, -0.25) is 9.59 Å². The van der Waals surface area contributed by atoms with Crippen LogP contribution in [0.2, 0.25) is 0 Å². The molecule has 0 atom stereocenters. The third-order valence-corrected chi connectivity index (χ3v) is 1.10. The zero-order chi connectivity index (χ0) is 8.15. The molecule has 0 aliphatic carbocycles. The van der Waals surface area contributed by atoms with Gasteiger partial charge in [0, 0.05) is 6.42 Å². The summed E-state index contributed by atoms with van der Waals surface area (Å²) in [5.74, 6) is -0.714. The van der Waals surface area contributed by atoms with E-state index in [0.29, 0.717) is 0 Å². The molecule has 0 aliphatic rings. The molecule has 56 valence electrons. The van der Waals surface area contributed by atoms with E-state index in [9.17, 15) is 9.59 Å². The molecule has 0 saturated heterocycles. The number of hydrogen-bond donors (Lipinski definition) is 1. The quantitative estimate of drug-likeness (QED) is 0.343. The topological polar surface area (TPSA) is 54.4 Å². The molecular weight excluding hydrogens is 132 g/mol. The van der Waals surface area contributed by atoms with Crippen LogP contribution in [-0.2, 0) is 9.59 Å². The van der Waals surface area contributed by atoms with E-state index in [1.165, 1.54) is 6.92 Å². The number of allylic oxidation sites excluding steroid dienone is 1. The number of aliphatic hydroxyl groups is 1. The number of rotatable bonds is 4. The van der Waals surface area contributed by atoms with Crippen molar-refractivity contribution in [2.75, 3.05) is 6.61 Å². The van der Waals surface area contributed by atoms with Crippen LogP contribution in [0.1, 0.15) is 13.3 Å². The molecule has 10 heavy (non-hydrogen) atoms. The van der Waals surface area contributed by atoms with Crippen LogP contribution in [0.4, 0.5) is 0 Å². The average Bonchev–Trinajstić information content (AvgIpc) is 1.87. The fraction of sp³-hybridized carbons (Fsp3) is 0.429. The lowest BCUT2D eigenvalue weighted by molar-refractivity contribution is -0.120. The summed E-state index contributed by atoms with van der Waals surface area (Å²) < 4.78 is 0. The van der Waals surface area contributed by atoms with Crippen molar-refractivity contribution >= 4 is 11.6 Å². The Morgan fingerprint density at radius 2 is 2.00 bits per heavy atom. The SMILES string of the molecule is C=C(C(C)=O)C(=O)CCO. The van der Waals surface area contributed by atoms with E-state index in [-0.39, 0.29) is 30.2 Å². The van der Waals surface area contributed by atoms with Gasteiger partial charge < -0.3 is 5.11 Å². The van der Waals surface area contributed by atoms with E-state index in [4.69, 9.17) is 5.11 Å². The molecule has 0 unspecified atom stereocenters. The Morgan fingerprint density at radius 3 is 2.30 bits per heavy atom. The van der Waals surface area contributed by atoms with Gasteiger partial charge in [-0.05, 0) is 6.92 Å². The largest absolute Gasteiger partial charge is 0.396 e. The van der Waals surface area contributed by atoms with Crippen molar-refractivity contribution in [3.63, 3.8) is 0 Å². The Kier molecular flexibility index (Phi) is 3.57. The summed E-state index contributed by atoms with van der Waals surface area (Å²) in [5.41, 5.74) is -0.0333. The van der Waals surface area contributed by atoms with E-state index in [2.05, 4.69) is 6.58 Å². The fourth-order valence-electron chi connectivity index (χ4n) is 0.449. The van der Waals surface area contributed by atoms with Gasteiger partial charge in [0.15, 0.2) is 11.6 Å². The molecule has 0 saturated carbocycles. The molecule has 0 heterocycles. The lowest BCUT2D eigenvalue weighted by Crippen LogP contribution is -2.09. The summed E-state index contributed by atoms with van der Waals surface area (Å²) in [6.45, 7) is 4.31. The molecular formula is C7H10O3. The summed E-state index contributed by atoms with van der Waals surface area (Å²) in [7, 11) is 0. The summed E-state index contributed by atoms with van der Waals surface area (Å²) in [5, 5.41) is 8.29. The summed E-state index contributed by atoms with van der Waals surface area (Å²) >= 11 is 0.